The molecule has 0 radical (unpaired) electrons. The van der Waals surface area contributed by atoms with Crippen LogP contribution in [0.25, 0.3) is 0 Å². The van der Waals surface area contributed by atoms with Gasteiger partial charge >= 0.3 is 12.2 Å². The number of halogens is 5. The van der Waals surface area contributed by atoms with Gasteiger partial charge in [0.25, 0.3) is 0 Å². The molecule has 0 saturated heterocycles. The van der Waals surface area contributed by atoms with Gasteiger partial charge in [0.15, 0.2) is 0 Å². The topological polar surface area (TPSA) is 73.4 Å². The molecule has 4 N–H and O–H groups in total. The number of amides is 2. The summed E-state index contributed by atoms with van der Waals surface area (Å²) in [6.45, 7) is 1.50. The van der Waals surface area contributed by atoms with Crippen molar-refractivity contribution in [2.45, 2.75) is 37.6 Å². The maximum Gasteiger partial charge on any atom is 0.423 e. The highest BCUT2D eigenvalue weighted by atomic mass is 35.5. The van der Waals surface area contributed by atoms with E-state index in [1.54, 1.807) is 18.2 Å². The van der Waals surface area contributed by atoms with E-state index in [0.29, 0.717) is 25.1 Å². The minimum Gasteiger partial charge on any atom is -0.381 e. The summed E-state index contributed by atoms with van der Waals surface area (Å²) in [5, 5.41) is 18.8. The summed E-state index contributed by atoms with van der Waals surface area (Å²) in [6, 6.07) is 8.09. The Morgan fingerprint density at radius 1 is 1.16 bits per heavy atom. The molecule has 5 nitrogen and oxygen atoms in total. The third-order valence-corrected chi connectivity index (χ3v) is 5.66. The van der Waals surface area contributed by atoms with E-state index >= 15 is 0 Å². The number of aliphatic hydroxyl groups is 1. The normalized spacial score (nSPS) is 17.6. The Balaban J connectivity index is 1.78. The zero-order valence-corrected chi connectivity index (χ0v) is 18.1. The van der Waals surface area contributed by atoms with Crippen LogP contribution in [-0.2, 0) is 12.0 Å². The molecule has 31 heavy (non-hydrogen) atoms. The molecule has 0 heterocycles. The second-order valence-electron chi connectivity index (χ2n) is 7.38. The minimum absolute atomic E-state index is 0.00615. The Morgan fingerprint density at radius 2 is 1.84 bits per heavy atom. The van der Waals surface area contributed by atoms with Crippen molar-refractivity contribution in [3.8, 4) is 0 Å². The van der Waals surface area contributed by atoms with Crippen molar-refractivity contribution >= 4 is 34.9 Å². The zero-order valence-electron chi connectivity index (χ0n) is 16.6. The molecule has 0 saturated carbocycles. The third kappa shape index (κ3) is 5.19. The number of urea groups is 1. The molecule has 2 atom stereocenters. The quantitative estimate of drug-likeness (QED) is 0.466. The van der Waals surface area contributed by atoms with E-state index in [1.807, 2.05) is 6.92 Å². The SMILES string of the molecule is CCNC(=O)N[C@H]1CCc2cc(NC[C@@](O)(c3cc(Cl)cc(Cl)c3)C(F)(F)F)ccc21. The lowest BCUT2D eigenvalue weighted by atomic mass is 9.92. The van der Waals surface area contributed by atoms with Gasteiger partial charge in [-0.1, -0.05) is 29.3 Å². The molecule has 2 aromatic rings. The number of carbonyl (C=O) groups is 1. The zero-order chi connectivity index (χ0) is 22.8. The summed E-state index contributed by atoms with van der Waals surface area (Å²) in [7, 11) is 0. The number of carbonyl (C=O) groups excluding carboxylic acids is 1. The molecule has 168 valence electrons. The number of fused-ring (bicyclic) bond motifs is 1. The van der Waals surface area contributed by atoms with E-state index < -0.39 is 23.9 Å². The first-order chi connectivity index (χ1) is 14.5. The van der Waals surface area contributed by atoms with E-state index in [2.05, 4.69) is 16.0 Å². The number of rotatable bonds is 6. The van der Waals surface area contributed by atoms with Crippen molar-refractivity contribution < 1.29 is 23.1 Å². The van der Waals surface area contributed by atoms with Gasteiger partial charge in [-0.3, -0.25) is 0 Å². The van der Waals surface area contributed by atoms with Crippen LogP contribution in [0.15, 0.2) is 36.4 Å². The largest absolute Gasteiger partial charge is 0.423 e. The van der Waals surface area contributed by atoms with Crippen LogP contribution in [0.2, 0.25) is 10.0 Å². The highest BCUT2D eigenvalue weighted by Gasteiger charge is 2.55. The molecular formula is C21H22Cl2F3N3O2. The monoisotopic (exact) mass is 475 g/mol. The fraction of sp³-hybridized carbons (Fsp3) is 0.381. The van der Waals surface area contributed by atoms with Crippen LogP contribution >= 0.6 is 23.2 Å². The van der Waals surface area contributed by atoms with Crippen molar-refractivity contribution in [2.75, 3.05) is 18.4 Å². The van der Waals surface area contributed by atoms with Crippen LogP contribution in [0.3, 0.4) is 0 Å². The average molecular weight is 476 g/mol. The van der Waals surface area contributed by atoms with Crippen LogP contribution in [0.4, 0.5) is 23.7 Å². The van der Waals surface area contributed by atoms with Crippen LogP contribution < -0.4 is 16.0 Å². The number of nitrogens with one attached hydrogen (secondary N) is 3. The van der Waals surface area contributed by atoms with Gasteiger partial charge in [0, 0.05) is 22.3 Å². The number of anilines is 1. The lowest BCUT2D eigenvalue weighted by molar-refractivity contribution is -0.260. The Morgan fingerprint density at radius 3 is 2.45 bits per heavy atom. The first kappa shape index (κ1) is 23.5. The van der Waals surface area contributed by atoms with Crippen molar-refractivity contribution in [2.24, 2.45) is 0 Å². The first-order valence-electron chi connectivity index (χ1n) is 9.70. The minimum atomic E-state index is -4.97. The molecule has 2 amide bonds. The van der Waals surface area contributed by atoms with E-state index in [0.717, 1.165) is 23.3 Å². The summed E-state index contributed by atoms with van der Waals surface area (Å²) < 4.78 is 41.4. The number of hydrogen-bond donors (Lipinski definition) is 4. The Labute approximate surface area is 187 Å². The van der Waals surface area contributed by atoms with Gasteiger partial charge in [-0.05, 0) is 66.8 Å². The van der Waals surface area contributed by atoms with Gasteiger partial charge in [0.05, 0.1) is 12.6 Å². The molecule has 1 aliphatic rings. The predicted octanol–water partition coefficient (Wildman–Crippen LogP) is 5.16. The fourth-order valence-electron chi connectivity index (χ4n) is 3.64. The number of alkyl halides is 3. The molecule has 3 rings (SSSR count). The predicted molar refractivity (Wildman–Crippen MR) is 115 cm³/mol. The van der Waals surface area contributed by atoms with Crippen molar-refractivity contribution in [3.05, 3.63) is 63.1 Å². The van der Waals surface area contributed by atoms with Gasteiger partial charge in [-0.15, -0.1) is 0 Å². The smallest absolute Gasteiger partial charge is 0.381 e. The second-order valence-corrected chi connectivity index (χ2v) is 8.25. The van der Waals surface area contributed by atoms with E-state index in [9.17, 15) is 23.1 Å². The Bertz CT molecular complexity index is 951. The van der Waals surface area contributed by atoms with Crippen molar-refractivity contribution in [1.82, 2.24) is 10.6 Å². The van der Waals surface area contributed by atoms with E-state index in [4.69, 9.17) is 23.2 Å². The molecule has 0 aromatic heterocycles. The molecule has 0 aliphatic heterocycles. The molecule has 0 unspecified atom stereocenters. The molecule has 1 aliphatic carbocycles. The number of aryl methyl sites for hydroxylation is 1. The Kier molecular flexibility index (Phi) is 6.93. The molecule has 10 heteroatoms. The number of hydrogen-bond acceptors (Lipinski definition) is 3. The van der Waals surface area contributed by atoms with Crippen LogP contribution in [0.5, 0.6) is 0 Å². The fourth-order valence-corrected chi connectivity index (χ4v) is 4.16. The van der Waals surface area contributed by atoms with Crippen molar-refractivity contribution in [1.29, 1.82) is 0 Å². The summed E-state index contributed by atoms with van der Waals surface area (Å²) >= 11 is 11.7. The van der Waals surface area contributed by atoms with Crippen LogP contribution in [0.1, 0.15) is 36.1 Å². The molecular weight excluding hydrogens is 454 g/mol. The molecule has 0 bridgehead atoms. The summed E-state index contributed by atoms with van der Waals surface area (Å²) in [4.78, 5) is 11.8. The van der Waals surface area contributed by atoms with Crippen LogP contribution in [0, 0.1) is 0 Å². The van der Waals surface area contributed by atoms with Gasteiger partial charge < -0.3 is 21.1 Å². The van der Waals surface area contributed by atoms with Crippen LogP contribution in [-0.4, -0.2) is 30.4 Å². The van der Waals surface area contributed by atoms with Gasteiger partial charge in [0.2, 0.25) is 5.60 Å². The molecule has 2 aromatic carbocycles. The average Bonchev–Trinajstić information content (AvgIpc) is 3.06. The van der Waals surface area contributed by atoms with Crippen molar-refractivity contribution in [3.63, 3.8) is 0 Å². The van der Waals surface area contributed by atoms with Gasteiger partial charge in [0.1, 0.15) is 0 Å². The van der Waals surface area contributed by atoms with E-state index in [-0.39, 0.29) is 22.1 Å². The Hall–Kier alpha value is -2.16. The second kappa shape index (κ2) is 9.14. The highest BCUT2D eigenvalue weighted by Crippen LogP contribution is 2.41. The van der Waals surface area contributed by atoms with Gasteiger partial charge in [-0.25, -0.2) is 4.79 Å². The van der Waals surface area contributed by atoms with E-state index in [1.165, 1.54) is 6.07 Å². The summed E-state index contributed by atoms with van der Waals surface area (Å²) in [5.74, 6) is 0. The molecule has 0 spiro atoms. The lowest BCUT2D eigenvalue weighted by Crippen LogP contribution is -2.47. The maximum atomic E-state index is 13.8. The molecule has 0 fully saturated rings. The maximum absolute atomic E-state index is 13.8. The standard InChI is InChI=1S/C21H22Cl2F3N3O2/c1-2-27-19(30)29-18-6-3-12-7-16(4-5-17(12)18)28-11-20(31,21(24,25)26)13-8-14(22)10-15(23)9-13/h4-5,7-10,18,28,31H,2-3,6,11H2,1H3,(H2,27,29,30)/t18-,20+/m0/s1. The summed E-state index contributed by atoms with van der Waals surface area (Å²) in [5.41, 5.74) is -1.37. The number of benzene rings is 2. The first-order valence-corrected chi connectivity index (χ1v) is 10.5. The lowest BCUT2D eigenvalue weighted by Gasteiger charge is -2.32. The summed E-state index contributed by atoms with van der Waals surface area (Å²) in [6.07, 6.45) is -3.59. The highest BCUT2D eigenvalue weighted by molar-refractivity contribution is 6.34. The van der Waals surface area contributed by atoms with Gasteiger partial charge in [-0.2, -0.15) is 13.2 Å². The third-order valence-electron chi connectivity index (χ3n) is 5.22.